The average molecular weight is 371 g/mol. The van der Waals surface area contributed by atoms with E-state index in [4.69, 9.17) is 23.2 Å². The second-order valence-electron chi connectivity index (χ2n) is 7.16. The molecule has 1 aliphatic rings. The maximum atomic E-state index is 12.4. The summed E-state index contributed by atoms with van der Waals surface area (Å²) in [6.07, 6.45) is 1.00. The first-order valence-corrected chi connectivity index (χ1v) is 8.95. The zero-order chi connectivity index (χ0) is 17.9. The molecule has 0 bridgehead atoms. The smallest absolute Gasteiger partial charge is 0.228 e. The summed E-state index contributed by atoms with van der Waals surface area (Å²) in [6, 6.07) is 5.34. The van der Waals surface area contributed by atoms with Crippen molar-refractivity contribution in [3.8, 4) is 0 Å². The minimum absolute atomic E-state index is 0.101. The third kappa shape index (κ3) is 4.87. The van der Waals surface area contributed by atoms with Crippen molar-refractivity contribution in [2.75, 3.05) is 26.2 Å². The number of benzene rings is 1. The number of nitrogens with zero attached hydrogens (tertiary/aromatic N) is 2. The highest BCUT2D eigenvalue weighted by atomic mass is 35.5. The SMILES string of the molecule is CC(C)(C)C(=O)N1CCN(C(=O)CCc2ccc(Cl)cc2Cl)CC1. The van der Waals surface area contributed by atoms with Crippen LogP contribution in [0.5, 0.6) is 0 Å². The van der Waals surface area contributed by atoms with Crippen LogP contribution in [0.1, 0.15) is 32.8 Å². The lowest BCUT2D eigenvalue weighted by Crippen LogP contribution is -2.53. The first kappa shape index (κ1) is 19.1. The average Bonchev–Trinajstić information content (AvgIpc) is 2.52. The second kappa shape index (κ2) is 7.75. The zero-order valence-corrected chi connectivity index (χ0v) is 16.0. The van der Waals surface area contributed by atoms with Crippen molar-refractivity contribution in [2.24, 2.45) is 5.41 Å². The van der Waals surface area contributed by atoms with E-state index in [1.807, 2.05) is 36.6 Å². The van der Waals surface area contributed by atoms with E-state index >= 15 is 0 Å². The first-order chi connectivity index (χ1) is 11.2. The molecule has 0 unspecified atom stereocenters. The molecule has 0 atom stereocenters. The van der Waals surface area contributed by atoms with Crippen LogP contribution >= 0.6 is 23.2 Å². The molecular formula is C18H24Cl2N2O2. The van der Waals surface area contributed by atoms with Gasteiger partial charge in [0.2, 0.25) is 11.8 Å². The third-order valence-electron chi connectivity index (χ3n) is 4.18. The monoisotopic (exact) mass is 370 g/mol. The topological polar surface area (TPSA) is 40.6 Å². The van der Waals surface area contributed by atoms with E-state index in [-0.39, 0.29) is 17.2 Å². The van der Waals surface area contributed by atoms with Crippen molar-refractivity contribution in [3.05, 3.63) is 33.8 Å². The number of amides is 2. The Morgan fingerprint density at radius 1 is 1.04 bits per heavy atom. The Morgan fingerprint density at radius 2 is 1.62 bits per heavy atom. The largest absolute Gasteiger partial charge is 0.339 e. The lowest BCUT2D eigenvalue weighted by Gasteiger charge is -2.37. The number of hydrogen-bond donors (Lipinski definition) is 0. The quantitative estimate of drug-likeness (QED) is 0.814. The fraction of sp³-hybridized carbons (Fsp3) is 0.556. The molecule has 1 aromatic rings. The summed E-state index contributed by atoms with van der Waals surface area (Å²) in [6.45, 7) is 8.14. The van der Waals surface area contributed by atoms with Crippen LogP contribution in [0.2, 0.25) is 10.0 Å². The number of carbonyl (C=O) groups is 2. The number of halogens is 2. The van der Waals surface area contributed by atoms with Crippen LogP contribution in [0, 0.1) is 5.41 Å². The normalized spacial score (nSPS) is 15.5. The summed E-state index contributed by atoms with van der Waals surface area (Å²) in [7, 11) is 0. The summed E-state index contributed by atoms with van der Waals surface area (Å²) in [4.78, 5) is 28.3. The van der Waals surface area contributed by atoms with Gasteiger partial charge in [0.15, 0.2) is 0 Å². The van der Waals surface area contributed by atoms with E-state index in [0.717, 1.165) is 5.56 Å². The van der Waals surface area contributed by atoms with Crippen LogP contribution in [-0.4, -0.2) is 47.8 Å². The molecule has 1 heterocycles. The van der Waals surface area contributed by atoms with Gasteiger partial charge < -0.3 is 9.80 Å². The molecule has 24 heavy (non-hydrogen) atoms. The highest BCUT2D eigenvalue weighted by Crippen LogP contribution is 2.23. The van der Waals surface area contributed by atoms with Gasteiger partial charge in [-0.15, -0.1) is 0 Å². The molecule has 1 aliphatic heterocycles. The predicted octanol–water partition coefficient (Wildman–Crippen LogP) is 3.64. The Morgan fingerprint density at radius 3 is 2.17 bits per heavy atom. The van der Waals surface area contributed by atoms with Crippen LogP contribution in [0.4, 0.5) is 0 Å². The Labute approximate surface area is 153 Å². The highest BCUT2D eigenvalue weighted by molar-refractivity contribution is 6.35. The van der Waals surface area contributed by atoms with Crippen LogP contribution in [-0.2, 0) is 16.0 Å². The van der Waals surface area contributed by atoms with Crippen LogP contribution < -0.4 is 0 Å². The van der Waals surface area contributed by atoms with Crippen molar-refractivity contribution >= 4 is 35.0 Å². The number of aryl methyl sites for hydroxylation is 1. The van der Waals surface area contributed by atoms with Crippen LogP contribution in [0.25, 0.3) is 0 Å². The van der Waals surface area contributed by atoms with Gasteiger partial charge in [-0.1, -0.05) is 50.0 Å². The van der Waals surface area contributed by atoms with Gasteiger partial charge in [0, 0.05) is 48.1 Å². The standard InChI is InChI=1S/C18H24Cl2N2O2/c1-18(2,3)17(24)22-10-8-21(9-11-22)16(23)7-5-13-4-6-14(19)12-15(13)20/h4,6,12H,5,7-11H2,1-3H3. The Kier molecular flexibility index (Phi) is 6.16. The Balaban J connectivity index is 1.84. The minimum Gasteiger partial charge on any atom is -0.339 e. The summed E-state index contributed by atoms with van der Waals surface area (Å²) >= 11 is 12.0. The molecule has 2 amide bonds. The fourth-order valence-corrected chi connectivity index (χ4v) is 3.26. The maximum absolute atomic E-state index is 12.4. The molecule has 0 aromatic heterocycles. The third-order valence-corrected chi connectivity index (χ3v) is 4.77. The minimum atomic E-state index is -0.377. The van der Waals surface area contributed by atoms with Crippen molar-refractivity contribution in [2.45, 2.75) is 33.6 Å². The van der Waals surface area contributed by atoms with E-state index in [2.05, 4.69) is 0 Å². The summed E-state index contributed by atoms with van der Waals surface area (Å²) in [5.41, 5.74) is 0.549. The molecule has 2 rings (SSSR count). The fourth-order valence-electron chi connectivity index (χ4n) is 2.76. The molecule has 1 fully saturated rings. The lowest BCUT2D eigenvalue weighted by molar-refractivity contribution is -0.144. The zero-order valence-electron chi connectivity index (χ0n) is 14.4. The van der Waals surface area contributed by atoms with Crippen molar-refractivity contribution in [1.82, 2.24) is 9.80 Å². The van der Waals surface area contributed by atoms with E-state index in [1.165, 1.54) is 0 Å². The molecule has 132 valence electrons. The second-order valence-corrected chi connectivity index (χ2v) is 8.00. The van der Waals surface area contributed by atoms with Crippen molar-refractivity contribution in [1.29, 1.82) is 0 Å². The lowest BCUT2D eigenvalue weighted by atomic mass is 9.94. The Hall–Kier alpha value is -1.26. The predicted molar refractivity (Wildman–Crippen MR) is 97.4 cm³/mol. The Bertz CT molecular complexity index is 618. The molecular weight excluding hydrogens is 347 g/mol. The molecule has 0 saturated carbocycles. The van der Waals surface area contributed by atoms with Gasteiger partial charge in [0.1, 0.15) is 0 Å². The van der Waals surface area contributed by atoms with Crippen LogP contribution in [0.3, 0.4) is 0 Å². The van der Waals surface area contributed by atoms with Gasteiger partial charge in [-0.05, 0) is 24.1 Å². The van der Waals surface area contributed by atoms with Crippen molar-refractivity contribution in [3.63, 3.8) is 0 Å². The summed E-state index contributed by atoms with van der Waals surface area (Å²) in [5, 5.41) is 1.19. The molecule has 1 aromatic carbocycles. The summed E-state index contributed by atoms with van der Waals surface area (Å²) in [5.74, 6) is 0.242. The van der Waals surface area contributed by atoms with E-state index < -0.39 is 0 Å². The van der Waals surface area contributed by atoms with Gasteiger partial charge in [0.25, 0.3) is 0 Å². The van der Waals surface area contributed by atoms with E-state index in [0.29, 0.717) is 49.1 Å². The van der Waals surface area contributed by atoms with Gasteiger partial charge >= 0.3 is 0 Å². The number of carbonyl (C=O) groups excluding carboxylic acids is 2. The summed E-state index contributed by atoms with van der Waals surface area (Å²) < 4.78 is 0. The van der Waals surface area contributed by atoms with Gasteiger partial charge in [-0.2, -0.15) is 0 Å². The van der Waals surface area contributed by atoms with E-state index in [9.17, 15) is 9.59 Å². The molecule has 1 saturated heterocycles. The maximum Gasteiger partial charge on any atom is 0.228 e. The molecule has 0 N–H and O–H groups in total. The van der Waals surface area contributed by atoms with E-state index in [1.54, 1.807) is 12.1 Å². The van der Waals surface area contributed by atoms with Gasteiger partial charge in [-0.3, -0.25) is 9.59 Å². The van der Waals surface area contributed by atoms with Gasteiger partial charge in [0.05, 0.1) is 0 Å². The first-order valence-electron chi connectivity index (χ1n) is 8.19. The number of hydrogen-bond acceptors (Lipinski definition) is 2. The highest BCUT2D eigenvalue weighted by Gasteiger charge is 2.30. The molecule has 0 aliphatic carbocycles. The molecule has 0 spiro atoms. The molecule has 6 heteroatoms. The number of rotatable bonds is 3. The molecule has 0 radical (unpaired) electrons. The van der Waals surface area contributed by atoms with Gasteiger partial charge in [-0.25, -0.2) is 0 Å². The molecule has 4 nitrogen and oxygen atoms in total. The van der Waals surface area contributed by atoms with Crippen molar-refractivity contribution < 1.29 is 9.59 Å². The number of piperazine rings is 1. The van der Waals surface area contributed by atoms with Crippen LogP contribution in [0.15, 0.2) is 18.2 Å².